The highest BCUT2D eigenvalue weighted by Crippen LogP contribution is 2.44. The van der Waals surface area contributed by atoms with Crippen LogP contribution in [0.4, 0.5) is 5.82 Å². The van der Waals surface area contributed by atoms with Crippen molar-refractivity contribution in [1.82, 2.24) is 14.8 Å². The summed E-state index contributed by atoms with van der Waals surface area (Å²) < 4.78 is 19.4. The Morgan fingerprint density at radius 3 is 2.73 bits per heavy atom. The third-order valence-electron chi connectivity index (χ3n) is 5.76. The molecule has 1 aliphatic heterocycles. The molecule has 8 nitrogen and oxygen atoms in total. The van der Waals surface area contributed by atoms with Crippen LogP contribution in [0.3, 0.4) is 0 Å². The number of nitrogens with one attached hydrogen (secondary N) is 1. The van der Waals surface area contributed by atoms with Gasteiger partial charge in [-0.1, -0.05) is 11.3 Å². The Labute approximate surface area is 195 Å². The topological polar surface area (TPSA) is 87.5 Å². The molecule has 4 aromatic rings. The standard InChI is InChI=1S/C24H24N4O4S/c1-5-32-15-6-8-18-20(11-15)33-24(25-18)28-23-22(13(2)27-28)17(12-21(29)26-23)16-10-14(30-3)7-9-19(16)31-4/h6-11,17H,5,12H2,1-4H3,(H,26,29). The summed E-state index contributed by atoms with van der Waals surface area (Å²) in [5, 5.41) is 8.47. The van der Waals surface area contributed by atoms with Crippen molar-refractivity contribution in [2.45, 2.75) is 26.2 Å². The van der Waals surface area contributed by atoms with Crippen molar-refractivity contribution in [3.8, 4) is 22.4 Å². The van der Waals surface area contributed by atoms with Crippen LogP contribution in [0.5, 0.6) is 17.2 Å². The minimum Gasteiger partial charge on any atom is -0.497 e. The van der Waals surface area contributed by atoms with Crippen molar-refractivity contribution in [2.75, 3.05) is 26.1 Å². The van der Waals surface area contributed by atoms with E-state index in [1.165, 1.54) is 11.3 Å². The van der Waals surface area contributed by atoms with E-state index in [9.17, 15) is 4.79 Å². The van der Waals surface area contributed by atoms with E-state index in [-0.39, 0.29) is 11.8 Å². The maximum Gasteiger partial charge on any atom is 0.226 e. The molecule has 1 amide bonds. The second-order valence-corrected chi connectivity index (χ2v) is 8.74. The van der Waals surface area contributed by atoms with Gasteiger partial charge in [-0.2, -0.15) is 9.78 Å². The van der Waals surface area contributed by atoms with Crippen LogP contribution < -0.4 is 19.5 Å². The fraction of sp³-hybridized carbons (Fsp3) is 0.292. The first kappa shape index (κ1) is 21.3. The molecule has 1 N–H and O–H groups in total. The fourth-order valence-corrected chi connectivity index (χ4v) is 5.26. The number of rotatable bonds is 6. The summed E-state index contributed by atoms with van der Waals surface area (Å²) in [6.45, 7) is 4.51. The number of nitrogens with zero attached hydrogens (tertiary/aromatic N) is 3. The highest BCUT2D eigenvalue weighted by Gasteiger charge is 2.35. The zero-order chi connectivity index (χ0) is 23.1. The van der Waals surface area contributed by atoms with E-state index in [0.29, 0.717) is 35.5 Å². The summed E-state index contributed by atoms with van der Waals surface area (Å²) >= 11 is 1.50. The van der Waals surface area contributed by atoms with Crippen molar-refractivity contribution in [3.63, 3.8) is 0 Å². The minimum absolute atomic E-state index is 0.0849. The molecule has 0 saturated carbocycles. The predicted molar refractivity (Wildman–Crippen MR) is 127 cm³/mol. The lowest BCUT2D eigenvalue weighted by Gasteiger charge is -2.25. The van der Waals surface area contributed by atoms with Crippen LogP contribution in [-0.2, 0) is 4.79 Å². The molecule has 0 saturated heterocycles. The normalized spacial score (nSPS) is 15.3. The number of benzene rings is 2. The highest BCUT2D eigenvalue weighted by atomic mass is 32.1. The predicted octanol–water partition coefficient (Wildman–Crippen LogP) is 4.68. The lowest BCUT2D eigenvalue weighted by molar-refractivity contribution is -0.116. The number of carbonyl (C=O) groups excluding carboxylic acids is 1. The quantitative estimate of drug-likeness (QED) is 0.446. The Balaban J connectivity index is 1.64. The highest BCUT2D eigenvalue weighted by molar-refractivity contribution is 7.20. The van der Waals surface area contributed by atoms with Crippen LogP contribution in [-0.4, -0.2) is 41.5 Å². The number of hydrogen-bond acceptors (Lipinski definition) is 7. The zero-order valence-corrected chi connectivity index (χ0v) is 19.7. The molecule has 3 heterocycles. The summed E-state index contributed by atoms with van der Waals surface area (Å²) in [6.07, 6.45) is 0.292. The molecule has 0 spiro atoms. The molecule has 0 bridgehead atoms. The van der Waals surface area contributed by atoms with Gasteiger partial charge < -0.3 is 19.5 Å². The minimum atomic E-state index is -0.216. The maximum atomic E-state index is 12.8. The average Bonchev–Trinajstić information content (AvgIpc) is 3.38. The molecule has 1 aliphatic rings. The number of aromatic nitrogens is 3. The van der Waals surface area contributed by atoms with Crippen LogP contribution in [0.1, 0.15) is 36.1 Å². The third kappa shape index (κ3) is 3.68. The van der Waals surface area contributed by atoms with Gasteiger partial charge in [-0.3, -0.25) is 4.79 Å². The summed E-state index contributed by atoms with van der Waals surface area (Å²) in [6, 6.07) is 11.5. The van der Waals surface area contributed by atoms with E-state index in [0.717, 1.165) is 32.8 Å². The van der Waals surface area contributed by atoms with Crippen LogP contribution in [0.25, 0.3) is 15.3 Å². The Morgan fingerprint density at radius 1 is 1.15 bits per heavy atom. The van der Waals surface area contributed by atoms with Crippen molar-refractivity contribution in [3.05, 3.63) is 53.2 Å². The van der Waals surface area contributed by atoms with Crippen molar-refractivity contribution in [2.24, 2.45) is 0 Å². The van der Waals surface area contributed by atoms with Gasteiger partial charge in [0.2, 0.25) is 11.0 Å². The molecule has 0 aliphatic carbocycles. The molecular weight excluding hydrogens is 440 g/mol. The molecule has 33 heavy (non-hydrogen) atoms. The van der Waals surface area contributed by atoms with Gasteiger partial charge in [-0.15, -0.1) is 0 Å². The van der Waals surface area contributed by atoms with Crippen LogP contribution in [0.2, 0.25) is 0 Å². The first-order chi connectivity index (χ1) is 16.0. The second-order valence-electron chi connectivity index (χ2n) is 7.73. The van der Waals surface area contributed by atoms with Gasteiger partial charge in [0.05, 0.1) is 36.7 Å². The van der Waals surface area contributed by atoms with Crippen molar-refractivity contribution < 1.29 is 19.0 Å². The molecule has 2 aromatic heterocycles. The SMILES string of the molecule is CCOc1ccc2nc(-n3nc(C)c4c3NC(=O)CC4c3cc(OC)ccc3OC)sc2c1. The number of fused-ring (bicyclic) bond motifs is 2. The second kappa shape index (κ2) is 8.40. The Morgan fingerprint density at radius 2 is 1.97 bits per heavy atom. The Kier molecular flexibility index (Phi) is 5.41. The van der Waals surface area contributed by atoms with E-state index >= 15 is 0 Å². The summed E-state index contributed by atoms with van der Waals surface area (Å²) in [7, 11) is 3.25. The molecule has 2 aromatic carbocycles. The molecule has 170 valence electrons. The van der Waals surface area contributed by atoms with Crippen LogP contribution >= 0.6 is 11.3 Å². The summed E-state index contributed by atoms with van der Waals surface area (Å²) in [4.78, 5) is 17.5. The molecular formula is C24H24N4O4S. The Bertz CT molecular complexity index is 1360. The van der Waals surface area contributed by atoms with Gasteiger partial charge in [-0.05, 0) is 50.2 Å². The molecule has 0 fully saturated rings. The molecule has 5 rings (SSSR count). The van der Waals surface area contributed by atoms with Crippen molar-refractivity contribution >= 4 is 33.3 Å². The number of methoxy groups -OCH3 is 2. The smallest absolute Gasteiger partial charge is 0.226 e. The lowest BCUT2D eigenvalue weighted by atomic mass is 9.85. The average molecular weight is 465 g/mol. The van der Waals surface area contributed by atoms with Crippen LogP contribution in [0.15, 0.2) is 36.4 Å². The van der Waals surface area contributed by atoms with Gasteiger partial charge in [0.15, 0.2) is 0 Å². The first-order valence-electron chi connectivity index (χ1n) is 10.7. The molecule has 1 unspecified atom stereocenters. The van der Waals surface area contributed by atoms with Gasteiger partial charge in [0, 0.05) is 23.5 Å². The van der Waals surface area contributed by atoms with E-state index in [4.69, 9.17) is 24.3 Å². The molecule has 1 atom stereocenters. The number of carbonyl (C=O) groups is 1. The number of hydrogen-bond donors (Lipinski definition) is 1. The van der Waals surface area contributed by atoms with E-state index < -0.39 is 0 Å². The van der Waals surface area contributed by atoms with Gasteiger partial charge >= 0.3 is 0 Å². The number of anilines is 1. The summed E-state index contributed by atoms with van der Waals surface area (Å²) in [5.41, 5.74) is 3.53. The number of aryl methyl sites for hydroxylation is 1. The lowest BCUT2D eigenvalue weighted by Crippen LogP contribution is -2.25. The van der Waals surface area contributed by atoms with Crippen LogP contribution in [0, 0.1) is 6.92 Å². The molecule has 9 heteroatoms. The third-order valence-corrected chi connectivity index (χ3v) is 6.75. The van der Waals surface area contributed by atoms with Gasteiger partial charge in [0.1, 0.15) is 23.1 Å². The molecule has 0 radical (unpaired) electrons. The largest absolute Gasteiger partial charge is 0.497 e. The number of ether oxygens (including phenoxy) is 3. The van der Waals surface area contributed by atoms with E-state index in [1.54, 1.807) is 18.9 Å². The summed E-state index contributed by atoms with van der Waals surface area (Å²) in [5.74, 6) is 2.56. The van der Waals surface area contributed by atoms with E-state index in [1.807, 2.05) is 50.2 Å². The van der Waals surface area contributed by atoms with E-state index in [2.05, 4.69) is 5.32 Å². The monoisotopic (exact) mass is 464 g/mol. The zero-order valence-electron chi connectivity index (χ0n) is 18.8. The number of amides is 1. The Hall–Kier alpha value is -3.59. The maximum absolute atomic E-state index is 12.8. The van der Waals surface area contributed by atoms with Crippen molar-refractivity contribution in [1.29, 1.82) is 0 Å². The van der Waals surface area contributed by atoms with Gasteiger partial charge in [0.25, 0.3) is 0 Å². The number of thiazole rings is 1. The van der Waals surface area contributed by atoms with Gasteiger partial charge in [-0.25, -0.2) is 4.98 Å². The first-order valence-corrected chi connectivity index (χ1v) is 11.5. The fourth-order valence-electron chi connectivity index (χ4n) is 4.30.